The van der Waals surface area contributed by atoms with Crippen LogP contribution in [0.4, 0.5) is 0 Å². The van der Waals surface area contributed by atoms with Crippen LogP contribution in [0.25, 0.3) is 0 Å². The number of nitrogens with one attached hydrogen (secondary N) is 1. The highest BCUT2D eigenvalue weighted by molar-refractivity contribution is 5.92. The summed E-state index contributed by atoms with van der Waals surface area (Å²) < 4.78 is 5.61. The molecule has 3 aromatic rings. The van der Waals surface area contributed by atoms with Gasteiger partial charge in [0, 0.05) is 19.1 Å². The summed E-state index contributed by atoms with van der Waals surface area (Å²) in [6.45, 7) is 10.2. The van der Waals surface area contributed by atoms with Crippen LogP contribution >= 0.6 is 0 Å². The van der Waals surface area contributed by atoms with E-state index in [1.807, 2.05) is 32.0 Å². The van der Waals surface area contributed by atoms with Gasteiger partial charge in [-0.05, 0) is 44.4 Å². The number of oxazole rings is 1. The maximum atomic E-state index is 12.2. The standard InChI is InChI=1S/C24H29N3O2/c1-17(2)25-24(28)22-16-29-23(26-22)15-27(13-20-8-6-5-7-9-20)14-21-12-18(3)10-11-19(21)4/h5-12,16-17H,13-15H2,1-4H3,(H,25,28). The summed E-state index contributed by atoms with van der Waals surface area (Å²) in [4.78, 5) is 18.9. The summed E-state index contributed by atoms with van der Waals surface area (Å²) in [7, 11) is 0. The largest absolute Gasteiger partial charge is 0.447 e. The van der Waals surface area contributed by atoms with Crippen molar-refractivity contribution in [2.75, 3.05) is 0 Å². The zero-order chi connectivity index (χ0) is 20.8. The number of aryl methyl sites for hydroxylation is 2. The van der Waals surface area contributed by atoms with Crippen LogP contribution in [-0.2, 0) is 19.6 Å². The number of carbonyl (C=O) groups excluding carboxylic acids is 1. The molecule has 152 valence electrons. The molecule has 1 heterocycles. The molecule has 0 spiro atoms. The Morgan fingerprint density at radius 3 is 2.55 bits per heavy atom. The molecule has 1 aromatic heterocycles. The lowest BCUT2D eigenvalue weighted by molar-refractivity contribution is 0.0938. The number of aromatic nitrogens is 1. The molecule has 0 bridgehead atoms. The van der Waals surface area contributed by atoms with Gasteiger partial charge in [-0.1, -0.05) is 54.1 Å². The zero-order valence-corrected chi connectivity index (χ0v) is 17.6. The fourth-order valence-electron chi connectivity index (χ4n) is 3.24. The van der Waals surface area contributed by atoms with Crippen LogP contribution in [-0.4, -0.2) is 21.8 Å². The van der Waals surface area contributed by atoms with Crippen molar-refractivity contribution in [3.63, 3.8) is 0 Å². The van der Waals surface area contributed by atoms with Crippen molar-refractivity contribution in [3.8, 4) is 0 Å². The van der Waals surface area contributed by atoms with E-state index >= 15 is 0 Å². The lowest BCUT2D eigenvalue weighted by Crippen LogP contribution is -2.30. The van der Waals surface area contributed by atoms with Crippen molar-refractivity contribution in [3.05, 3.63) is 88.6 Å². The van der Waals surface area contributed by atoms with Gasteiger partial charge >= 0.3 is 0 Å². The number of hydrogen-bond acceptors (Lipinski definition) is 4. The number of benzene rings is 2. The smallest absolute Gasteiger partial charge is 0.273 e. The molecule has 0 atom stereocenters. The van der Waals surface area contributed by atoms with Gasteiger partial charge in [-0.15, -0.1) is 0 Å². The average Bonchev–Trinajstić information content (AvgIpc) is 3.14. The van der Waals surface area contributed by atoms with Crippen molar-refractivity contribution in [2.45, 2.75) is 53.4 Å². The van der Waals surface area contributed by atoms with E-state index in [1.165, 1.54) is 28.5 Å². The monoisotopic (exact) mass is 391 g/mol. The van der Waals surface area contributed by atoms with Crippen molar-refractivity contribution < 1.29 is 9.21 Å². The number of nitrogens with zero attached hydrogens (tertiary/aromatic N) is 2. The second kappa shape index (κ2) is 9.52. The Hall–Kier alpha value is -2.92. The molecule has 0 radical (unpaired) electrons. The van der Waals surface area contributed by atoms with E-state index < -0.39 is 0 Å². The second-order valence-corrected chi connectivity index (χ2v) is 7.82. The second-order valence-electron chi connectivity index (χ2n) is 7.82. The van der Waals surface area contributed by atoms with Crippen LogP contribution in [0.5, 0.6) is 0 Å². The van der Waals surface area contributed by atoms with Gasteiger partial charge in [-0.25, -0.2) is 4.98 Å². The molecule has 0 aliphatic heterocycles. The van der Waals surface area contributed by atoms with Crippen LogP contribution in [0, 0.1) is 13.8 Å². The first-order valence-electron chi connectivity index (χ1n) is 9.98. The van der Waals surface area contributed by atoms with Crippen LogP contribution in [0.3, 0.4) is 0 Å². The summed E-state index contributed by atoms with van der Waals surface area (Å²) in [5, 5.41) is 2.84. The fourth-order valence-corrected chi connectivity index (χ4v) is 3.24. The van der Waals surface area contributed by atoms with Gasteiger partial charge in [0.15, 0.2) is 5.69 Å². The Morgan fingerprint density at radius 2 is 1.83 bits per heavy atom. The highest BCUT2D eigenvalue weighted by atomic mass is 16.3. The Bertz CT molecular complexity index is 948. The lowest BCUT2D eigenvalue weighted by Gasteiger charge is -2.22. The highest BCUT2D eigenvalue weighted by Gasteiger charge is 2.17. The van der Waals surface area contributed by atoms with Gasteiger partial charge in [-0.2, -0.15) is 0 Å². The van der Waals surface area contributed by atoms with Crippen LogP contribution in [0.15, 0.2) is 59.2 Å². The Kier molecular flexibility index (Phi) is 6.83. The molecule has 3 rings (SSSR count). The molecular weight excluding hydrogens is 362 g/mol. The molecule has 0 unspecified atom stereocenters. The Balaban J connectivity index is 1.79. The Morgan fingerprint density at radius 1 is 1.07 bits per heavy atom. The summed E-state index contributed by atoms with van der Waals surface area (Å²) >= 11 is 0. The minimum Gasteiger partial charge on any atom is -0.447 e. The van der Waals surface area contributed by atoms with E-state index in [2.05, 4.69) is 59.4 Å². The quantitative estimate of drug-likeness (QED) is 0.608. The van der Waals surface area contributed by atoms with Gasteiger partial charge < -0.3 is 9.73 Å². The molecule has 0 saturated heterocycles. The van der Waals surface area contributed by atoms with E-state index in [-0.39, 0.29) is 11.9 Å². The van der Waals surface area contributed by atoms with Crippen LogP contribution in [0.1, 0.15) is 52.5 Å². The van der Waals surface area contributed by atoms with E-state index in [4.69, 9.17) is 4.42 Å². The maximum Gasteiger partial charge on any atom is 0.273 e. The van der Waals surface area contributed by atoms with Gasteiger partial charge in [-0.3, -0.25) is 9.69 Å². The van der Waals surface area contributed by atoms with Gasteiger partial charge in [0.1, 0.15) is 6.26 Å². The normalized spacial score (nSPS) is 11.2. The topological polar surface area (TPSA) is 58.4 Å². The molecule has 1 N–H and O–H groups in total. The average molecular weight is 392 g/mol. The predicted molar refractivity (Wildman–Crippen MR) is 114 cm³/mol. The molecule has 5 nitrogen and oxygen atoms in total. The van der Waals surface area contributed by atoms with Gasteiger partial charge in [0.25, 0.3) is 5.91 Å². The molecule has 2 aromatic carbocycles. The van der Waals surface area contributed by atoms with E-state index in [0.717, 1.165) is 13.1 Å². The van der Waals surface area contributed by atoms with Crippen molar-refractivity contribution in [1.29, 1.82) is 0 Å². The molecule has 0 aliphatic carbocycles. The first kappa shape index (κ1) is 20.8. The fraction of sp³-hybridized carbons (Fsp3) is 0.333. The summed E-state index contributed by atoms with van der Waals surface area (Å²) in [6, 6.07) is 16.9. The molecule has 0 aliphatic rings. The minimum atomic E-state index is -0.209. The molecule has 0 fully saturated rings. The van der Waals surface area contributed by atoms with E-state index in [0.29, 0.717) is 18.1 Å². The third-order valence-corrected chi connectivity index (χ3v) is 4.71. The van der Waals surface area contributed by atoms with Gasteiger partial charge in [0.05, 0.1) is 6.54 Å². The minimum absolute atomic E-state index is 0.0570. The number of rotatable bonds is 8. The molecule has 29 heavy (non-hydrogen) atoms. The number of carbonyl (C=O) groups is 1. The molecule has 0 saturated carbocycles. The lowest BCUT2D eigenvalue weighted by atomic mass is 10.0. The number of hydrogen-bond donors (Lipinski definition) is 1. The van der Waals surface area contributed by atoms with E-state index in [1.54, 1.807) is 0 Å². The zero-order valence-electron chi connectivity index (χ0n) is 17.6. The Labute approximate surface area is 172 Å². The van der Waals surface area contributed by atoms with Gasteiger partial charge in [0.2, 0.25) is 5.89 Å². The molecular formula is C24H29N3O2. The third-order valence-electron chi connectivity index (χ3n) is 4.71. The summed E-state index contributed by atoms with van der Waals surface area (Å²) in [5.41, 5.74) is 5.33. The van der Waals surface area contributed by atoms with Crippen molar-refractivity contribution in [2.24, 2.45) is 0 Å². The third kappa shape index (κ3) is 6.03. The molecule has 5 heteroatoms. The van der Waals surface area contributed by atoms with Crippen LogP contribution in [0.2, 0.25) is 0 Å². The number of amides is 1. The first-order chi connectivity index (χ1) is 13.9. The highest BCUT2D eigenvalue weighted by Crippen LogP contribution is 2.18. The molecule has 1 amide bonds. The van der Waals surface area contributed by atoms with Crippen LogP contribution < -0.4 is 5.32 Å². The summed E-state index contributed by atoms with van der Waals surface area (Å²) in [6.07, 6.45) is 1.44. The van der Waals surface area contributed by atoms with Crippen molar-refractivity contribution in [1.82, 2.24) is 15.2 Å². The van der Waals surface area contributed by atoms with E-state index in [9.17, 15) is 4.79 Å². The SMILES string of the molecule is Cc1ccc(C)c(CN(Cc2ccccc2)Cc2nc(C(=O)NC(C)C)co2)c1. The summed E-state index contributed by atoms with van der Waals surface area (Å²) in [5.74, 6) is 0.333. The predicted octanol–water partition coefficient (Wildman–Crippen LogP) is 4.63. The van der Waals surface area contributed by atoms with Crippen molar-refractivity contribution >= 4 is 5.91 Å². The maximum absolute atomic E-state index is 12.2. The first-order valence-corrected chi connectivity index (χ1v) is 9.98.